The fourth-order valence-corrected chi connectivity index (χ4v) is 6.05. The number of Topliss-reactive ketones (excluding diaryl/α,β-unsaturated/α-hetero) is 1. The van der Waals surface area contributed by atoms with E-state index < -0.39 is 34.8 Å². The molecule has 1 aliphatic carbocycles. The zero-order valence-corrected chi connectivity index (χ0v) is 22.0. The number of ether oxygens (including phenoxy) is 1. The number of aliphatic imine (C=N–C) groups is 1. The van der Waals surface area contributed by atoms with Gasteiger partial charge in [-0.2, -0.15) is 0 Å². The lowest BCUT2D eigenvalue weighted by Gasteiger charge is -2.31. The Morgan fingerprint density at radius 2 is 1.97 bits per heavy atom. The number of nitrogens with one attached hydrogen (secondary N) is 2. The molecule has 4 bridgehead atoms. The van der Waals surface area contributed by atoms with E-state index in [-0.39, 0.29) is 59.7 Å². The Morgan fingerprint density at radius 1 is 1.21 bits per heavy atom. The minimum atomic E-state index is -2.27. The SMILES string of the molecule is C[C@H](N)CCC12CC(=O)NC3(CC3)C(=O)CC(=O)NCc3nc(cs3)C(O)(O1)C(c1nc(C(=O)O)cs1)=N2. The topological polar surface area (TPSA) is 206 Å². The lowest BCUT2D eigenvalue weighted by Crippen LogP contribution is -2.48. The number of rotatable bonds is 5. The number of fused-ring (bicyclic) bond motifs is 5. The summed E-state index contributed by atoms with van der Waals surface area (Å²) < 4.78 is 6.23. The number of aliphatic hydroxyl groups is 1. The summed E-state index contributed by atoms with van der Waals surface area (Å²) in [6.45, 7) is 1.79. The standard InChI is InChI=1S/C23H26N6O7S2/c1-11(24)2-3-22-7-16(32)28-21(4-5-21)14(30)6-15(31)25-8-17-27-13(10-37-17)23(35,36-22)18(29-22)19-26-12(9-38-19)20(33)34/h9-11,35H,2-8,24H2,1H3,(H,25,31)(H,28,32)(H,33,34)/t11-,22?,23?/m0/s1. The smallest absolute Gasteiger partial charge is 0.355 e. The predicted molar refractivity (Wildman–Crippen MR) is 135 cm³/mol. The van der Waals surface area contributed by atoms with Crippen molar-refractivity contribution in [3.05, 3.63) is 32.2 Å². The van der Waals surface area contributed by atoms with E-state index in [1.807, 2.05) is 0 Å². The summed E-state index contributed by atoms with van der Waals surface area (Å²) in [5, 5.41) is 30.1. The second-order valence-corrected chi connectivity index (χ2v) is 11.6. The Balaban J connectivity index is 1.61. The first-order valence-electron chi connectivity index (χ1n) is 12.0. The second kappa shape index (κ2) is 9.57. The van der Waals surface area contributed by atoms with Gasteiger partial charge in [0.2, 0.25) is 11.8 Å². The summed E-state index contributed by atoms with van der Waals surface area (Å²) in [6, 6.07) is -0.280. The normalized spacial score (nSPS) is 27.7. The Kier molecular flexibility index (Phi) is 6.67. The minimum absolute atomic E-state index is 0.00887. The second-order valence-electron chi connectivity index (χ2n) is 9.82. The van der Waals surface area contributed by atoms with Crippen molar-refractivity contribution in [2.24, 2.45) is 10.7 Å². The van der Waals surface area contributed by atoms with Crippen molar-refractivity contribution in [3.8, 4) is 0 Å². The van der Waals surface area contributed by atoms with Crippen LogP contribution < -0.4 is 16.4 Å². The van der Waals surface area contributed by atoms with E-state index in [0.29, 0.717) is 24.3 Å². The van der Waals surface area contributed by atoms with Crippen molar-refractivity contribution in [2.75, 3.05) is 0 Å². The van der Waals surface area contributed by atoms with Gasteiger partial charge in [-0.3, -0.25) is 14.4 Å². The van der Waals surface area contributed by atoms with Gasteiger partial charge in [-0.25, -0.2) is 19.8 Å². The molecule has 2 unspecified atom stereocenters. The van der Waals surface area contributed by atoms with E-state index in [1.54, 1.807) is 6.92 Å². The van der Waals surface area contributed by atoms with Gasteiger partial charge in [-0.05, 0) is 32.6 Å². The molecule has 13 nitrogen and oxygen atoms in total. The van der Waals surface area contributed by atoms with Gasteiger partial charge in [0.15, 0.2) is 17.2 Å². The van der Waals surface area contributed by atoms with Crippen LogP contribution in [0, 0.1) is 0 Å². The fraction of sp³-hybridized carbons (Fsp3) is 0.522. The van der Waals surface area contributed by atoms with Crippen LogP contribution in [0.4, 0.5) is 0 Å². The fourth-order valence-electron chi connectivity index (χ4n) is 4.46. The molecule has 202 valence electrons. The molecular weight excluding hydrogens is 536 g/mol. The van der Waals surface area contributed by atoms with Crippen LogP contribution in [-0.2, 0) is 31.5 Å². The first-order valence-corrected chi connectivity index (χ1v) is 13.7. The molecule has 2 amide bonds. The highest BCUT2D eigenvalue weighted by atomic mass is 32.1. The van der Waals surface area contributed by atoms with Crippen LogP contribution in [0.1, 0.15) is 71.6 Å². The Bertz CT molecular complexity index is 1350. The van der Waals surface area contributed by atoms with Crippen molar-refractivity contribution in [2.45, 2.75) is 75.1 Å². The molecule has 5 rings (SSSR count). The summed E-state index contributed by atoms with van der Waals surface area (Å²) in [5.41, 5.74) is 2.99. The first-order chi connectivity index (χ1) is 17.9. The van der Waals surface area contributed by atoms with Crippen molar-refractivity contribution in [3.63, 3.8) is 0 Å². The quantitative estimate of drug-likeness (QED) is 0.317. The van der Waals surface area contributed by atoms with Gasteiger partial charge in [-0.15, -0.1) is 22.7 Å². The number of carboxylic acids is 1. The maximum Gasteiger partial charge on any atom is 0.355 e. The third-order valence-corrected chi connectivity index (χ3v) is 8.34. The highest BCUT2D eigenvalue weighted by Crippen LogP contribution is 2.45. The number of carboxylic acid groups (broad SMARTS) is 1. The molecular formula is C23H26N6O7S2. The molecule has 1 fully saturated rings. The lowest BCUT2D eigenvalue weighted by atomic mass is 9.99. The molecule has 4 heterocycles. The summed E-state index contributed by atoms with van der Waals surface area (Å²) in [7, 11) is 0. The summed E-state index contributed by atoms with van der Waals surface area (Å²) in [4.78, 5) is 63.2. The molecule has 3 atom stereocenters. The van der Waals surface area contributed by atoms with E-state index in [2.05, 4.69) is 25.6 Å². The molecule has 3 aliphatic rings. The molecule has 38 heavy (non-hydrogen) atoms. The number of nitrogens with two attached hydrogens (primary N) is 1. The van der Waals surface area contributed by atoms with Crippen LogP contribution in [0.5, 0.6) is 0 Å². The largest absolute Gasteiger partial charge is 0.476 e. The van der Waals surface area contributed by atoms with Crippen molar-refractivity contribution in [1.82, 2.24) is 20.6 Å². The van der Waals surface area contributed by atoms with E-state index in [0.717, 1.165) is 22.7 Å². The number of hydrogen-bond acceptors (Lipinski definition) is 12. The van der Waals surface area contributed by atoms with Crippen LogP contribution in [0.3, 0.4) is 0 Å². The van der Waals surface area contributed by atoms with Gasteiger partial charge in [0, 0.05) is 16.8 Å². The summed E-state index contributed by atoms with van der Waals surface area (Å²) in [6.07, 6.45) is 0.587. The third kappa shape index (κ3) is 4.99. The number of amides is 2. The number of nitrogens with zero attached hydrogens (tertiary/aromatic N) is 3. The molecule has 15 heteroatoms. The van der Waals surface area contributed by atoms with Crippen LogP contribution in [0.15, 0.2) is 15.8 Å². The van der Waals surface area contributed by atoms with Gasteiger partial charge in [0.1, 0.15) is 21.4 Å². The first kappa shape index (κ1) is 26.5. The van der Waals surface area contributed by atoms with Crippen LogP contribution in [0.25, 0.3) is 0 Å². The van der Waals surface area contributed by atoms with Gasteiger partial charge >= 0.3 is 5.97 Å². The third-order valence-electron chi connectivity index (χ3n) is 6.65. The average Bonchev–Trinajstić information content (AvgIpc) is 3.19. The number of hydrogen-bond donors (Lipinski definition) is 5. The lowest BCUT2D eigenvalue weighted by molar-refractivity contribution is -0.217. The predicted octanol–water partition coefficient (Wildman–Crippen LogP) is 0.414. The Labute approximate surface area is 224 Å². The van der Waals surface area contributed by atoms with Crippen molar-refractivity contribution in [1.29, 1.82) is 0 Å². The molecule has 0 saturated heterocycles. The summed E-state index contributed by atoms with van der Waals surface area (Å²) >= 11 is 2.10. The number of aromatic carboxylic acids is 1. The van der Waals surface area contributed by atoms with E-state index in [4.69, 9.17) is 10.5 Å². The molecule has 6 N–H and O–H groups in total. The number of carbonyl (C=O) groups excluding carboxylic acids is 3. The van der Waals surface area contributed by atoms with E-state index >= 15 is 0 Å². The molecule has 2 aromatic rings. The number of thiazole rings is 2. The van der Waals surface area contributed by atoms with Crippen molar-refractivity contribution < 1.29 is 34.1 Å². The van der Waals surface area contributed by atoms with Crippen LogP contribution in [0.2, 0.25) is 0 Å². The molecule has 2 aromatic heterocycles. The zero-order chi connectivity index (χ0) is 27.3. The van der Waals surface area contributed by atoms with Gasteiger partial charge in [0.05, 0.1) is 24.9 Å². The Hall–Kier alpha value is -3.11. The number of ketones is 1. The monoisotopic (exact) mass is 562 g/mol. The average molecular weight is 563 g/mol. The number of aromatic nitrogens is 2. The van der Waals surface area contributed by atoms with E-state index in [1.165, 1.54) is 10.8 Å². The molecule has 1 saturated carbocycles. The van der Waals surface area contributed by atoms with Crippen molar-refractivity contribution >= 4 is 52.0 Å². The molecule has 0 aromatic carbocycles. The highest BCUT2D eigenvalue weighted by molar-refractivity contribution is 7.12. The molecule has 0 radical (unpaired) electrons. The maximum absolute atomic E-state index is 13.3. The molecule has 1 spiro atoms. The minimum Gasteiger partial charge on any atom is -0.476 e. The van der Waals surface area contributed by atoms with Gasteiger partial charge in [0.25, 0.3) is 5.79 Å². The maximum atomic E-state index is 13.3. The van der Waals surface area contributed by atoms with Crippen LogP contribution >= 0.6 is 22.7 Å². The van der Waals surface area contributed by atoms with Gasteiger partial charge in [-0.1, -0.05) is 0 Å². The van der Waals surface area contributed by atoms with Gasteiger partial charge < -0.3 is 31.3 Å². The zero-order valence-electron chi connectivity index (χ0n) is 20.4. The highest BCUT2D eigenvalue weighted by Gasteiger charge is 2.57. The summed E-state index contributed by atoms with van der Waals surface area (Å²) in [5.74, 6) is -4.96. The molecule has 2 aliphatic heterocycles. The van der Waals surface area contributed by atoms with E-state index in [9.17, 15) is 29.4 Å². The number of carbonyl (C=O) groups is 4. The Morgan fingerprint density at radius 3 is 2.63 bits per heavy atom. The van der Waals surface area contributed by atoms with Crippen LogP contribution in [-0.4, -0.2) is 66.8 Å².